The third-order valence-corrected chi connectivity index (χ3v) is 6.71. The Kier molecular flexibility index (Phi) is 4.73. The predicted octanol–water partition coefficient (Wildman–Crippen LogP) is 4.68. The molecule has 0 aliphatic heterocycles. The van der Waals surface area contributed by atoms with E-state index >= 15 is 0 Å². The minimum absolute atomic E-state index is 0.139. The van der Waals surface area contributed by atoms with Crippen LogP contribution in [0.5, 0.6) is 0 Å². The molecule has 2 rings (SSSR count). The molecule has 2 aliphatic carbocycles. The molecule has 2 saturated carbocycles. The first kappa shape index (κ1) is 17.5. The normalized spacial score (nSPS) is 41.4. The van der Waals surface area contributed by atoms with Gasteiger partial charge in [0.2, 0.25) is 0 Å². The Morgan fingerprint density at radius 1 is 1.41 bits per heavy atom. The van der Waals surface area contributed by atoms with Crippen molar-refractivity contribution in [2.75, 3.05) is 0 Å². The summed E-state index contributed by atoms with van der Waals surface area (Å²) in [6.07, 6.45) is 9.88. The van der Waals surface area contributed by atoms with Gasteiger partial charge >= 0.3 is 0 Å². The number of fused-ring (bicyclic) bond motifs is 1. The molecule has 0 spiro atoms. The van der Waals surface area contributed by atoms with Crippen molar-refractivity contribution >= 4 is 6.29 Å². The second-order valence-corrected chi connectivity index (χ2v) is 8.39. The summed E-state index contributed by atoms with van der Waals surface area (Å²) in [5, 5.41) is 10.3. The second-order valence-electron chi connectivity index (χ2n) is 8.39. The molecule has 124 valence electrons. The molecule has 2 heteroatoms. The van der Waals surface area contributed by atoms with Gasteiger partial charge in [-0.25, -0.2) is 0 Å². The first-order chi connectivity index (χ1) is 10.2. The third kappa shape index (κ3) is 2.95. The van der Waals surface area contributed by atoms with Gasteiger partial charge in [-0.1, -0.05) is 38.5 Å². The van der Waals surface area contributed by atoms with Crippen LogP contribution >= 0.6 is 0 Å². The lowest BCUT2D eigenvalue weighted by atomic mass is 9.47. The molecule has 0 unspecified atom stereocenters. The summed E-state index contributed by atoms with van der Waals surface area (Å²) in [6, 6.07) is 0. The highest BCUT2D eigenvalue weighted by atomic mass is 16.3. The molecule has 5 atom stereocenters. The van der Waals surface area contributed by atoms with Crippen LogP contribution in [0.4, 0.5) is 0 Å². The average Bonchev–Trinajstić information content (AvgIpc) is 2.46. The molecule has 0 aromatic rings. The van der Waals surface area contributed by atoms with E-state index in [1.807, 2.05) is 6.92 Å². The number of carbonyl (C=O) groups excluding carboxylic acids is 1. The van der Waals surface area contributed by atoms with Crippen molar-refractivity contribution in [1.82, 2.24) is 0 Å². The van der Waals surface area contributed by atoms with Crippen LogP contribution in [0, 0.1) is 22.7 Å². The number of aliphatic hydroxyl groups is 1. The summed E-state index contributed by atoms with van der Waals surface area (Å²) in [6.45, 7) is 14.4. The van der Waals surface area contributed by atoms with Crippen LogP contribution in [-0.2, 0) is 4.79 Å². The Balaban J connectivity index is 2.26. The molecule has 0 aromatic carbocycles. The molecule has 0 heterocycles. The largest absolute Gasteiger partial charge is 0.386 e. The molecule has 2 aliphatic rings. The zero-order chi connectivity index (χ0) is 16.6. The molecular formula is C20H32O2. The van der Waals surface area contributed by atoms with E-state index in [4.69, 9.17) is 0 Å². The van der Waals surface area contributed by atoms with Crippen LogP contribution in [0.3, 0.4) is 0 Å². The highest BCUT2D eigenvalue weighted by Crippen LogP contribution is 2.61. The van der Waals surface area contributed by atoms with Crippen molar-refractivity contribution in [3.8, 4) is 0 Å². The fraction of sp³-hybridized carbons (Fsp3) is 0.750. The van der Waals surface area contributed by atoms with E-state index < -0.39 is 5.60 Å². The van der Waals surface area contributed by atoms with Crippen molar-refractivity contribution in [2.24, 2.45) is 22.7 Å². The quantitative estimate of drug-likeness (QED) is 0.591. The zero-order valence-electron chi connectivity index (χ0n) is 14.5. The van der Waals surface area contributed by atoms with Gasteiger partial charge in [-0.05, 0) is 62.7 Å². The second kappa shape index (κ2) is 5.96. The fourth-order valence-corrected chi connectivity index (χ4v) is 5.21. The molecule has 0 radical (unpaired) electrons. The van der Waals surface area contributed by atoms with Crippen LogP contribution < -0.4 is 0 Å². The number of hydrogen-bond donors (Lipinski definition) is 1. The van der Waals surface area contributed by atoms with Crippen LogP contribution in [0.2, 0.25) is 0 Å². The van der Waals surface area contributed by atoms with Crippen LogP contribution in [0.1, 0.15) is 65.7 Å². The number of aldehydes is 1. The van der Waals surface area contributed by atoms with Gasteiger partial charge in [-0.3, -0.25) is 0 Å². The number of allylic oxidation sites excluding steroid dienone is 1. The van der Waals surface area contributed by atoms with E-state index in [0.717, 1.165) is 32.1 Å². The summed E-state index contributed by atoms with van der Waals surface area (Å²) in [4.78, 5) is 11.8. The summed E-state index contributed by atoms with van der Waals surface area (Å²) >= 11 is 0. The number of hydrogen-bond acceptors (Lipinski definition) is 2. The standard InChI is InChI=1S/C20H32O2/c1-6-19(4,22)13-10-16-15(2)8-9-17-18(3,14-21)11-7-12-20(16,17)5/h6,14,16-17,22H,1-2,7-13H2,3-5H3/t16-,17+,18+,19-,20+/m0/s1. The first-order valence-corrected chi connectivity index (χ1v) is 8.68. The molecule has 0 amide bonds. The van der Waals surface area contributed by atoms with E-state index in [1.165, 1.54) is 18.3 Å². The molecule has 0 aromatic heterocycles. The molecule has 22 heavy (non-hydrogen) atoms. The Morgan fingerprint density at radius 3 is 2.68 bits per heavy atom. The maximum Gasteiger partial charge on any atom is 0.126 e. The van der Waals surface area contributed by atoms with Crippen LogP contribution in [-0.4, -0.2) is 17.0 Å². The highest BCUT2D eigenvalue weighted by molar-refractivity contribution is 5.60. The van der Waals surface area contributed by atoms with Gasteiger partial charge in [0.05, 0.1) is 5.60 Å². The van der Waals surface area contributed by atoms with Gasteiger partial charge in [0.15, 0.2) is 0 Å². The van der Waals surface area contributed by atoms with Gasteiger partial charge in [0, 0.05) is 5.41 Å². The van der Waals surface area contributed by atoms with Crippen molar-refractivity contribution in [2.45, 2.75) is 71.3 Å². The van der Waals surface area contributed by atoms with Crippen molar-refractivity contribution in [3.63, 3.8) is 0 Å². The molecule has 1 N–H and O–H groups in total. The van der Waals surface area contributed by atoms with Gasteiger partial charge in [-0.15, -0.1) is 6.58 Å². The zero-order valence-corrected chi connectivity index (χ0v) is 14.5. The van der Waals surface area contributed by atoms with Crippen molar-refractivity contribution in [1.29, 1.82) is 0 Å². The van der Waals surface area contributed by atoms with E-state index in [-0.39, 0.29) is 10.8 Å². The summed E-state index contributed by atoms with van der Waals surface area (Å²) in [7, 11) is 0. The van der Waals surface area contributed by atoms with E-state index in [0.29, 0.717) is 18.3 Å². The maximum absolute atomic E-state index is 11.8. The van der Waals surface area contributed by atoms with E-state index in [1.54, 1.807) is 6.08 Å². The van der Waals surface area contributed by atoms with Crippen molar-refractivity contribution < 1.29 is 9.90 Å². The number of rotatable bonds is 5. The van der Waals surface area contributed by atoms with E-state index in [2.05, 4.69) is 27.0 Å². The summed E-state index contributed by atoms with van der Waals surface area (Å²) in [5.41, 5.74) is 0.452. The summed E-state index contributed by atoms with van der Waals surface area (Å²) in [5.74, 6) is 0.840. The lowest BCUT2D eigenvalue weighted by Crippen LogP contribution is -2.51. The van der Waals surface area contributed by atoms with Crippen molar-refractivity contribution in [3.05, 3.63) is 24.8 Å². The van der Waals surface area contributed by atoms with Gasteiger partial charge in [0.25, 0.3) is 0 Å². The molecule has 2 nitrogen and oxygen atoms in total. The SMILES string of the molecule is C=C[C@](C)(O)CC[C@H]1C(=C)CC[C@H]2[C@]1(C)CCC[C@]2(C)C=O. The molecular weight excluding hydrogens is 272 g/mol. The molecule has 0 bridgehead atoms. The first-order valence-electron chi connectivity index (χ1n) is 8.68. The van der Waals surface area contributed by atoms with Crippen LogP contribution in [0.25, 0.3) is 0 Å². The molecule has 2 fully saturated rings. The number of carbonyl (C=O) groups is 1. The predicted molar refractivity (Wildman–Crippen MR) is 91.5 cm³/mol. The Morgan fingerprint density at radius 2 is 2.09 bits per heavy atom. The smallest absolute Gasteiger partial charge is 0.126 e. The lowest BCUT2D eigenvalue weighted by Gasteiger charge is -2.57. The van der Waals surface area contributed by atoms with Gasteiger partial charge in [0.1, 0.15) is 6.29 Å². The highest BCUT2D eigenvalue weighted by Gasteiger charge is 2.54. The lowest BCUT2D eigenvalue weighted by molar-refractivity contribution is -0.130. The Bertz CT molecular complexity index is 464. The minimum atomic E-state index is -0.813. The topological polar surface area (TPSA) is 37.3 Å². The molecule has 0 saturated heterocycles. The monoisotopic (exact) mass is 304 g/mol. The van der Waals surface area contributed by atoms with Gasteiger partial charge in [-0.2, -0.15) is 0 Å². The fourth-order valence-electron chi connectivity index (χ4n) is 5.21. The minimum Gasteiger partial charge on any atom is -0.386 e. The van der Waals surface area contributed by atoms with Gasteiger partial charge < -0.3 is 9.90 Å². The maximum atomic E-state index is 11.8. The van der Waals surface area contributed by atoms with E-state index in [9.17, 15) is 9.90 Å². The Hall–Kier alpha value is -0.890. The average molecular weight is 304 g/mol. The third-order valence-electron chi connectivity index (χ3n) is 6.71. The van der Waals surface area contributed by atoms with Crippen LogP contribution in [0.15, 0.2) is 24.8 Å². The Labute approximate surface area is 135 Å². The summed E-state index contributed by atoms with van der Waals surface area (Å²) < 4.78 is 0.